The van der Waals surface area contributed by atoms with E-state index in [0.29, 0.717) is 6.54 Å². The SMILES string of the molecule is CN=C(NCCN1CCOCC1)NCc1ccn(-c2ccc(F)cc2)n1.I. The zero-order chi connectivity index (χ0) is 18.2. The van der Waals surface area contributed by atoms with E-state index in [-0.39, 0.29) is 29.8 Å². The summed E-state index contributed by atoms with van der Waals surface area (Å²) in [6, 6.07) is 8.18. The van der Waals surface area contributed by atoms with Crippen LogP contribution in [0.2, 0.25) is 0 Å². The molecule has 7 nitrogen and oxygen atoms in total. The van der Waals surface area contributed by atoms with Crippen molar-refractivity contribution in [3.05, 3.63) is 48.0 Å². The van der Waals surface area contributed by atoms with Crippen LogP contribution in [0.1, 0.15) is 5.69 Å². The predicted octanol–water partition coefficient (Wildman–Crippen LogP) is 1.63. The summed E-state index contributed by atoms with van der Waals surface area (Å²) in [5.41, 5.74) is 1.70. The summed E-state index contributed by atoms with van der Waals surface area (Å²) < 4.78 is 20.1. The van der Waals surface area contributed by atoms with Gasteiger partial charge in [-0.2, -0.15) is 5.10 Å². The quantitative estimate of drug-likeness (QED) is 0.368. The molecule has 1 fully saturated rings. The molecular formula is C18H26FIN6O. The second-order valence-electron chi connectivity index (χ2n) is 6.03. The minimum Gasteiger partial charge on any atom is -0.379 e. The zero-order valence-corrected chi connectivity index (χ0v) is 17.7. The highest BCUT2D eigenvalue weighted by atomic mass is 127. The third-order valence-electron chi connectivity index (χ3n) is 4.22. The van der Waals surface area contributed by atoms with Crippen LogP contribution >= 0.6 is 24.0 Å². The largest absolute Gasteiger partial charge is 0.379 e. The van der Waals surface area contributed by atoms with Gasteiger partial charge in [0, 0.05) is 39.4 Å². The molecule has 0 bridgehead atoms. The van der Waals surface area contributed by atoms with Gasteiger partial charge in [0.1, 0.15) is 5.82 Å². The van der Waals surface area contributed by atoms with Crippen LogP contribution in [0.4, 0.5) is 4.39 Å². The maximum Gasteiger partial charge on any atom is 0.191 e. The number of morpholine rings is 1. The van der Waals surface area contributed by atoms with Gasteiger partial charge in [-0.3, -0.25) is 9.89 Å². The molecule has 1 aromatic carbocycles. The molecule has 0 amide bonds. The molecule has 1 saturated heterocycles. The van der Waals surface area contributed by atoms with Crippen molar-refractivity contribution in [3.63, 3.8) is 0 Å². The van der Waals surface area contributed by atoms with Gasteiger partial charge in [0.25, 0.3) is 0 Å². The van der Waals surface area contributed by atoms with Crippen LogP contribution in [0, 0.1) is 5.82 Å². The summed E-state index contributed by atoms with van der Waals surface area (Å²) in [5.74, 6) is 0.490. The minimum atomic E-state index is -0.255. The molecule has 0 unspecified atom stereocenters. The monoisotopic (exact) mass is 488 g/mol. The third-order valence-corrected chi connectivity index (χ3v) is 4.22. The molecule has 2 aromatic rings. The molecule has 0 saturated carbocycles. The first-order valence-corrected chi connectivity index (χ1v) is 8.80. The number of rotatable bonds is 6. The lowest BCUT2D eigenvalue weighted by Crippen LogP contribution is -2.44. The summed E-state index contributed by atoms with van der Waals surface area (Å²) in [6.45, 7) is 5.93. The van der Waals surface area contributed by atoms with E-state index < -0.39 is 0 Å². The van der Waals surface area contributed by atoms with E-state index in [1.165, 1.54) is 12.1 Å². The van der Waals surface area contributed by atoms with E-state index in [9.17, 15) is 4.39 Å². The van der Waals surface area contributed by atoms with Crippen LogP contribution in [-0.2, 0) is 11.3 Å². The highest BCUT2D eigenvalue weighted by Gasteiger charge is 2.09. The van der Waals surface area contributed by atoms with Gasteiger partial charge in [0.15, 0.2) is 5.96 Å². The lowest BCUT2D eigenvalue weighted by atomic mass is 10.3. The molecule has 2 heterocycles. The molecule has 27 heavy (non-hydrogen) atoms. The molecule has 0 atom stereocenters. The fourth-order valence-electron chi connectivity index (χ4n) is 2.75. The number of hydrogen-bond donors (Lipinski definition) is 2. The van der Waals surface area contributed by atoms with Crippen molar-refractivity contribution in [1.29, 1.82) is 0 Å². The number of nitrogens with one attached hydrogen (secondary N) is 2. The van der Waals surface area contributed by atoms with Crippen molar-refractivity contribution in [2.45, 2.75) is 6.54 Å². The van der Waals surface area contributed by atoms with Crippen LogP contribution in [0.15, 0.2) is 41.5 Å². The number of halogens is 2. The molecule has 1 aliphatic rings. The molecule has 0 aliphatic carbocycles. The van der Waals surface area contributed by atoms with Gasteiger partial charge in [0.05, 0.1) is 31.1 Å². The summed E-state index contributed by atoms with van der Waals surface area (Å²) in [6.07, 6.45) is 1.86. The van der Waals surface area contributed by atoms with Crippen LogP contribution in [0.5, 0.6) is 0 Å². The second kappa shape index (κ2) is 11.2. The molecular weight excluding hydrogens is 462 g/mol. The van der Waals surface area contributed by atoms with Gasteiger partial charge >= 0.3 is 0 Å². The fraction of sp³-hybridized carbons (Fsp3) is 0.444. The number of nitrogens with zero attached hydrogens (tertiary/aromatic N) is 4. The molecule has 0 radical (unpaired) electrons. The number of benzene rings is 1. The van der Waals surface area contributed by atoms with Gasteiger partial charge in [0.2, 0.25) is 0 Å². The number of guanidine groups is 1. The first kappa shape index (κ1) is 21.6. The van der Waals surface area contributed by atoms with Crippen molar-refractivity contribution in [2.24, 2.45) is 4.99 Å². The van der Waals surface area contributed by atoms with Gasteiger partial charge in [-0.05, 0) is 30.3 Å². The average Bonchev–Trinajstić information content (AvgIpc) is 3.15. The third kappa shape index (κ3) is 6.74. The van der Waals surface area contributed by atoms with Crippen molar-refractivity contribution >= 4 is 29.9 Å². The van der Waals surface area contributed by atoms with Crippen molar-refractivity contribution in [3.8, 4) is 5.69 Å². The molecule has 9 heteroatoms. The Labute approximate surface area is 176 Å². The number of aromatic nitrogens is 2. The maximum absolute atomic E-state index is 13.0. The van der Waals surface area contributed by atoms with E-state index in [4.69, 9.17) is 4.74 Å². The van der Waals surface area contributed by atoms with Crippen molar-refractivity contribution in [2.75, 3.05) is 46.4 Å². The Morgan fingerprint density at radius 1 is 1.19 bits per heavy atom. The lowest BCUT2D eigenvalue weighted by molar-refractivity contribution is 0.0389. The molecule has 1 aliphatic heterocycles. The smallest absolute Gasteiger partial charge is 0.191 e. The molecule has 1 aromatic heterocycles. The lowest BCUT2D eigenvalue weighted by Gasteiger charge is -2.26. The van der Waals surface area contributed by atoms with Gasteiger partial charge in [-0.1, -0.05) is 0 Å². The Morgan fingerprint density at radius 2 is 1.93 bits per heavy atom. The van der Waals surface area contributed by atoms with E-state index in [0.717, 1.165) is 56.7 Å². The number of ether oxygens (including phenoxy) is 1. The first-order valence-electron chi connectivity index (χ1n) is 8.80. The maximum atomic E-state index is 13.0. The van der Waals surface area contributed by atoms with Crippen LogP contribution in [0.3, 0.4) is 0 Å². The summed E-state index contributed by atoms with van der Waals surface area (Å²) >= 11 is 0. The van der Waals surface area contributed by atoms with E-state index in [1.807, 2.05) is 12.3 Å². The van der Waals surface area contributed by atoms with E-state index in [2.05, 4.69) is 25.6 Å². The van der Waals surface area contributed by atoms with Gasteiger partial charge in [-0.15, -0.1) is 24.0 Å². The Morgan fingerprint density at radius 3 is 2.63 bits per heavy atom. The van der Waals surface area contributed by atoms with Crippen LogP contribution < -0.4 is 10.6 Å². The highest BCUT2D eigenvalue weighted by Crippen LogP contribution is 2.08. The number of hydrogen-bond acceptors (Lipinski definition) is 4. The Hall–Kier alpha value is -1.72. The van der Waals surface area contributed by atoms with E-state index >= 15 is 0 Å². The highest BCUT2D eigenvalue weighted by molar-refractivity contribution is 14.0. The molecule has 0 spiro atoms. The fourth-order valence-corrected chi connectivity index (χ4v) is 2.75. The topological polar surface area (TPSA) is 66.7 Å². The summed E-state index contributed by atoms with van der Waals surface area (Å²) in [7, 11) is 1.75. The van der Waals surface area contributed by atoms with Crippen molar-refractivity contribution < 1.29 is 9.13 Å². The first-order chi connectivity index (χ1) is 12.7. The molecule has 148 valence electrons. The normalized spacial score (nSPS) is 15.3. The standard InChI is InChI=1S/C18H25FN6O.HI/c1-20-18(21-7-9-24-10-12-26-13-11-24)22-14-16-6-8-25(23-16)17-4-2-15(19)3-5-17;/h2-6,8H,7,9-14H2,1H3,(H2,20,21,22);1H. The Kier molecular flexibility index (Phi) is 8.95. The molecule has 2 N–H and O–H groups in total. The Balaban J connectivity index is 0.00000261. The van der Waals surface area contributed by atoms with Gasteiger partial charge < -0.3 is 15.4 Å². The zero-order valence-electron chi connectivity index (χ0n) is 15.4. The predicted molar refractivity (Wildman–Crippen MR) is 114 cm³/mol. The second-order valence-corrected chi connectivity index (χ2v) is 6.03. The summed E-state index contributed by atoms with van der Waals surface area (Å²) in [5, 5.41) is 11.1. The average molecular weight is 488 g/mol. The van der Waals surface area contributed by atoms with Crippen LogP contribution in [0.25, 0.3) is 5.69 Å². The molecule has 3 rings (SSSR count). The minimum absolute atomic E-state index is 0. The van der Waals surface area contributed by atoms with Gasteiger partial charge in [-0.25, -0.2) is 9.07 Å². The Bertz CT molecular complexity index is 715. The summed E-state index contributed by atoms with van der Waals surface area (Å²) in [4.78, 5) is 6.60. The van der Waals surface area contributed by atoms with Crippen LogP contribution in [-0.4, -0.2) is 67.1 Å². The van der Waals surface area contributed by atoms with E-state index in [1.54, 1.807) is 23.9 Å². The number of aliphatic imine (C=N–C) groups is 1. The van der Waals surface area contributed by atoms with Crippen molar-refractivity contribution in [1.82, 2.24) is 25.3 Å².